The zero-order valence-corrected chi connectivity index (χ0v) is 14.5. The predicted molar refractivity (Wildman–Crippen MR) is 88.1 cm³/mol. The Kier molecular flexibility index (Phi) is 6.09. The maximum absolute atomic E-state index is 13.1. The highest BCUT2D eigenvalue weighted by Crippen LogP contribution is 2.32. The minimum absolute atomic E-state index is 0.0317. The molecular weight excluding hydrogens is 367 g/mol. The number of halogens is 3. The minimum atomic E-state index is -4.62. The Bertz CT molecular complexity index is 738. The molecule has 3 amide bonds. The van der Waals surface area contributed by atoms with Gasteiger partial charge in [0.2, 0.25) is 17.7 Å². The summed E-state index contributed by atoms with van der Waals surface area (Å²) >= 11 is 0. The largest absolute Gasteiger partial charge is 0.416 e. The second-order valence-electron chi connectivity index (χ2n) is 6.40. The normalized spacial score (nSPS) is 21.0. The number of carbonyl (C=O) groups excluding carboxylic acids is 3. The summed E-state index contributed by atoms with van der Waals surface area (Å²) in [5, 5.41) is 12.0. The first-order valence-electron chi connectivity index (χ1n) is 8.20. The molecule has 27 heavy (non-hydrogen) atoms. The maximum atomic E-state index is 13.1. The number of alkyl halides is 3. The third-order valence-corrected chi connectivity index (χ3v) is 4.39. The second kappa shape index (κ2) is 7.95. The smallest absolute Gasteiger partial charge is 0.391 e. The van der Waals surface area contributed by atoms with Crippen LogP contribution in [0.5, 0.6) is 0 Å². The first-order valence-corrected chi connectivity index (χ1v) is 8.20. The van der Waals surface area contributed by atoms with Gasteiger partial charge in [-0.05, 0) is 11.6 Å². The van der Waals surface area contributed by atoms with E-state index in [1.54, 1.807) is 0 Å². The summed E-state index contributed by atoms with van der Waals surface area (Å²) in [6.07, 6.45) is -6.01. The lowest BCUT2D eigenvalue weighted by atomic mass is 9.99. The van der Waals surface area contributed by atoms with Crippen LogP contribution in [0, 0.1) is 0 Å². The van der Waals surface area contributed by atoms with E-state index >= 15 is 0 Å². The van der Waals surface area contributed by atoms with Gasteiger partial charge in [0, 0.05) is 26.3 Å². The number of amides is 3. The minimum Gasteiger partial charge on any atom is -0.391 e. The van der Waals surface area contributed by atoms with E-state index < -0.39 is 54.1 Å². The van der Waals surface area contributed by atoms with E-state index in [0.29, 0.717) is 0 Å². The molecule has 1 heterocycles. The zero-order chi connectivity index (χ0) is 20.4. The molecule has 0 unspecified atom stereocenters. The molecule has 1 aromatic rings. The van der Waals surface area contributed by atoms with E-state index in [9.17, 15) is 32.7 Å². The molecule has 2 rings (SSSR count). The molecule has 10 heteroatoms. The number of benzene rings is 1. The van der Waals surface area contributed by atoms with Gasteiger partial charge in [-0.3, -0.25) is 14.4 Å². The number of hydrogen-bond acceptors (Lipinski definition) is 4. The lowest BCUT2D eigenvalue weighted by Crippen LogP contribution is -2.52. The molecule has 0 bridgehead atoms. The topological polar surface area (TPSA) is 113 Å². The molecular formula is C17H20F3N3O4. The van der Waals surface area contributed by atoms with Gasteiger partial charge in [0.15, 0.2) is 0 Å². The Morgan fingerprint density at radius 3 is 2.52 bits per heavy atom. The molecule has 0 spiro atoms. The highest BCUT2D eigenvalue weighted by atomic mass is 19.4. The summed E-state index contributed by atoms with van der Waals surface area (Å²) in [4.78, 5) is 36.9. The van der Waals surface area contributed by atoms with Crippen LogP contribution in [0.1, 0.15) is 24.5 Å². The van der Waals surface area contributed by atoms with E-state index in [1.165, 1.54) is 25.1 Å². The number of nitrogens with zero attached hydrogens (tertiary/aromatic N) is 1. The highest BCUT2D eigenvalue weighted by molar-refractivity contribution is 5.91. The number of nitrogens with one attached hydrogen (secondary N) is 1. The van der Waals surface area contributed by atoms with Crippen molar-refractivity contribution in [3.05, 3.63) is 35.4 Å². The quantitative estimate of drug-likeness (QED) is 0.670. The van der Waals surface area contributed by atoms with Crippen molar-refractivity contribution >= 4 is 17.7 Å². The third-order valence-electron chi connectivity index (χ3n) is 4.39. The fourth-order valence-corrected chi connectivity index (χ4v) is 3.10. The number of likely N-dealkylation sites (tertiary alicyclic amines) is 1. The van der Waals surface area contributed by atoms with Crippen molar-refractivity contribution in [1.29, 1.82) is 0 Å². The van der Waals surface area contributed by atoms with Gasteiger partial charge < -0.3 is 21.1 Å². The van der Waals surface area contributed by atoms with Crippen molar-refractivity contribution in [3.63, 3.8) is 0 Å². The van der Waals surface area contributed by atoms with Crippen molar-refractivity contribution in [2.45, 2.75) is 44.1 Å². The third kappa shape index (κ3) is 4.97. The maximum Gasteiger partial charge on any atom is 0.416 e. The summed E-state index contributed by atoms with van der Waals surface area (Å²) in [5.74, 6) is -2.20. The van der Waals surface area contributed by atoms with E-state index in [2.05, 4.69) is 5.32 Å². The number of nitrogens with two attached hydrogens (primary N) is 1. The Morgan fingerprint density at radius 2 is 1.96 bits per heavy atom. The molecule has 1 aliphatic heterocycles. The molecule has 0 aliphatic carbocycles. The molecule has 148 valence electrons. The van der Waals surface area contributed by atoms with Crippen molar-refractivity contribution in [2.75, 3.05) is 6.54 Å². The number of rotatable bonds is 5. The molecule has 3 atom stereocenters. The summed E-state index contributed by atoms with van der Waals surface area (Å²) < 4.78 is 39.3. The van der Waals surface area contributed by atoms with Crippen LogP contribution in [0.2, 0.25) is 0 Å². The number of carbonyl (C=O) groups is 3. The Hall–Kier alpha value is -2.62. The SMILES string of the molecule is CC(=O)N1C[C@H](O)C[C@H]1C(=O)N[C@@H](Cc1ccccc1C(F)(F)F)C(N)=O. The van der Waals surface area contributed by atoms with Crippen LogP contribution >= 0.6 is 0 Å². The zero-order valence-electron chi connectivity index (χ0n) is 14.5. The van der Waals surface area contributed by atoms with Crippen LogP contribution in [0.15, 0.2) is 24.3 Å². The van der Waals surface area contributed by atoms with E-state index in [0.717, 1.165) is 11.0 Å². The first kappa shape index (κ1) is 20.7. The molecule has 1 fully saturated rings. The number of aliphatic hydroxyl groups is 1. The lowest BCUT2D eigenvalue weighted by Gasteiger charge is -2.25. The summed E-state index contributed by atoms with van der Waals surface area (Å²) in [6, 6.07) is 2.26. The Labute approximate surface area is 153 Å². The van der Waals surface area contributed by atoms with Crippen LogP contribution in [0.3, 0.4) is 0 Å². The van der Waals surface area contributed by atoms with Crippen LogP contribution in [-0.2, 0) is 27.0 Å². The number of hydrogen-bond donors (Lipinski definition) is 3. The fourth-order valence-electron chi connectivity index (χ4n) is 3.10. The predicted octanol–water partition coefficient (Wildman–Crippen LogP) is 0.200. The molecule has 0 radical (unpaired) electrons. The monoisotopic (exact) mass is 387 g/mol. The molecule has 1 aromatic carbocycles. The Morgan fingerprint density at radius 1 is 1.33 bits per heavy atom. The molecule has 4 N–H and O–H groups in total. The van der Waals surface area contributed by atoms with Gasteiger partial charge >= 0.3 is 6.18 Å². The standard InChI is InChI=1S/C17H20F3N3O4/c1-9(24)23-8-11(25)7-14(23)16(27)22-13(15(21)26)6-10-4-2-3-5-12(10)17(18,19)20/h2-5,11,13-14,25H,6-8H2,1H3,(H2,21,26)(H,22,27)/t11-,13+,14+/m1/s1. The van der Waals surface area contributed by atoms with Crippen molar-refractivity contribution in [3.8, 4) is 0 Å². The van der Waals surface area contributed by atoms with E-state index in [1.807, 2.05) is 0 Å². The number of primary amides is 1. The van der Waals surface area contributed by atoms with Crippen molar-refractivity contribution in [1.82, 2.24) is 10.2 Å². The average Bonchev–Trinajstić information content (AvgIpc) is 2.96. The second-order valence-corrected chi connectivity index (χ2v) is 6.40. The average molecular weight is 387 g/mol. The molecule has 7 nitrogen and oxygen atoms in total. The summed E-state index contributed by atoms with van der Waals surface area (Å²) in [6.45, 7) is 1.19. The van der Waals surface area contributed by atoms with Gasteiger partial charge in [-0.2, -0.15) is 13.2 Å². The van der Waals surface area contributed by atoms with E-state index in [4.69, 9.17) is 5.73 Å². The number of β-amino-alcohol motifs (C(OH)–C–C–N with tert-alkyl or cyclic N) is 1. The van der Waals surface area contributed by atoms with Gasteiger partial charge in [-0.1, -0.05) is 18.2 Å². The van der Waals surface area contributed by atoms with Gasteiger partial charge in [-0.15, -0.1) is 0 Å². The van der Waals surface area contributed by atoms with E-state index in [-0.39, 0.29) is 18.5 Å². The summed E-state index contributed by atoms with van der Waals surface area (Å²) in [5.41, 5.74) is 4.13. The molecule has 1 saturated heterocycles. The van der Waals surface area contributed by atoms with Crippen LogP contribution in [0.4, 0.5) is 13.2 Å². The van der Waals surface area contributed by atoms with Crippen LogP contribution in [0.25, 0.3) is 0 Å². The van der Waals surface area contributed by atoms with Gasteiger partial charge in [0.05, 0.1) is 11.7 Å². The first-order chi connectivity index (χ1) is 12.5. The molecule has 0 aromatic heterocycles. The highest BCUT2D eigenvalue weighted by Gasteiger charge is 2.39. The van der Waals surface area contributed by atoms with Crippen molar-refractivity contribution in [2.24, 2.45) is 5.73 Å². The van der Waals surface area contributed by atoms with Gasteiger partial charge in [-0.25, -0.2) is 0 Å². The van der Waals surface area contributed by atoms with Crippen molar-refractivity contribution < 1.29 is 32.7 Å². The van der Waals surface area contributed by atoms with Gasteiger partial charge in [0.25, 0.3) is 0 Å². The van der Waals surface area contributed by atoms with Crippen LogP contribution < -0.4 is 11.1 Å². The van der Waals surface area contributed by atoms with Gasteiger partial charge in [0.1, 0.15) is 12.1 Å². The summed E-state index contributed by atoms with van der Waals surface area (Å²) in [7, 11) is 0. The fraction of sp³-hybridized carbons (Fsp3) is 0.471. The molecule has 0 saturated carbocycles. The number of aliphatic hydroxyl groups excluding tert-OH is 1. The Balaban J connectivity index is 2.19. The molecule has 1 aliphatic rings. The van der Waals surface area contributed by atoms with Crippen LogP contribution in [-0.4, -0.2) is 52.5 Å². The lowest BCUT2D eigenvalue weighted by molar-refractivity contribution is -0.139.